The number of likely N-dealkylation sites (tertiary alicyclic amines) is 1. The third-order valence-corrected chi connectivity index (χ3v) is 5.93. The first kappa shape index (κ1) is 27.3. The number of rotatable bonds is 8. The summed E-state index contributed by atoms with van der Waals surface area (Å²) >= 11 is 0. The summed E-state index contributed by atoms with van der Waals surface area (Å²) in [6, 6.07) is -2.18. The zero-order valence-corrected chi connectivity index (χ0v) is 20.2. The fourth-order valence-electron chi connectivity index (χ4n) is 3.84. The molecule has 0 radical (unpaired) electrons. The summed E-state index contributed by atoms with van der Waals surface area (Å²) in [5, 5.41) is 8.96. The molecule has 9 nitrogen and oxygen atoms in total. The van der Waals surface area contributed by atoms with Crippen molar-refractivity contribution in [1.29, 1.82) is 0 Å². The van der Waals surface area contributed by atoms with Crippen LogP contribution in [0.15, 0.2) is 6.07 Å². The van der Waals surface area contributed by atoms with E-state index >= 15 is 0 Å². The van der Waals surface area contributed by atoms with Crippen molar-refractivity contribution in [2.75, 3.05) is 6.54 Å². The summed E-state index contributed by atoms with van der Waals surface area (Å²) in [5.74, 6) is -5.06. The van der Waals surface area contributed by atoms with E-state index in [1.165, 1.54) is 23.4 Å². The van der Waals surface area contributed by atoms with E-state index in [2.05, 4.69) is 15.7 Å². The SMILES string of the molecule is Cc1cc(C(=O)N[C@H](C(=O)N2CCC[C@H]2C(=O)N[C@H](C(=O)C(F)(F)F)C(C)C)C(C)C)nn1C. The topological polar surface area (TPSA) is 113 Å². The van der Waals surface area contributed by atoms with E-state index in [0.29, 0.717) is 6.42 Å². The van der Waals surface area contributed by atoms with Crippen LogP contribution < -0.4 is 10.6 Å². The van der Waals surface area contributed by atoms with Gasteiger partial charge in [-0.25, -0.2) is 0 Å². The number of Topliss-reactive ketones (excluding diaryl/α,β-unsaturated/α-hetero) is 1. The number of hydrogen-bond acceptors (Lipinski definition) is 5. The van der Waals surface area contributed by atoms with E-state index in [1.807, 2.05) is 0 Å². The number of amides is 3. The quantitative estimate of drug-likeness (QED) is 0.580. The van der Waals surface area contributed by atoms with Crippen molar-refractivity contribution in [1.82, 2.24) is 25.3 Å². The molecule has 0 bridgehead atoms. The smallest absolute Gasteiger partial charge is 0.344 e. The fraction of sp³-hybridized carbons (Fsp3) is 0.682. The molecule has 34 heavy (non-hydrogen) atoms. The van der Waals surface area contributed by atoms with Gasteiger partial charge in [0.1, 0.15) is 17.8 Å². The second-order valence-electron chi connectivity index (χ2n) is 9.27. The van der Waals surface area contributed by atoms with Gasteiger partial charge in [-0.15, -0.1) is 0 Å². The molecule has 1 fully saturated rings. The van der Waals surface area contributed by atoms with Crippen molar-refractivity contribution in [3.63, 3.8) is 0 Å². The Morgan fingerprint density at radius 3 is 2.12 bits per heavy atom. The molecule has 0 aromatic carbocycles. The summed E-state index contributed by atoms with van der Waals surface area (Å²) in [4.78, 5) is 51.9. The van der Waals surface area contributed by atoms with Gasteiger partial charge in [-0.3, -0.25) is 23.9 Å². The van der Waals surface area contributed by atoms with Crippen LogP contribution in [0.4, 0.5) is 13.2 Å². The van der Waals surface area contributed by atoms with Crippen LogP contribution >= 0.6 is 0 Å². The molecular weight excluding hydrogens is 455 g/mol. The minimum Gasteiger partial charge on any atom is -0.344 e. The molecule has 2 heterocycles. The van der Waals surface area contributed by atoms with Crippen LogP contribution in [-0.2, 0) is 21.4 Å². The van der Waals surface area contributed by atoms with Crippen LogP contribution in [0, 0.1) is 18.8 Å². The lowest BCUT2D eigenvalue weighted by molar-refractivity contribution is -0.175. The lowest BCUT2D eigenvalue weighted by Crippen LogP contribution is -2.58. The highest BCUT2D eigenvalue weighted by Crippen LogP contribution is 2.24. The average Bonchev–Trinajstić information content (AvgIpc) is 3.34. The molecule has 190 valence electrons. The van der Waals surface area contributed by atoms with Crippen molar-refractivity contribution in [2.24, 2.45) is 18.9 Å². The number of ketones is 1. The van der Waals surface area contributed by atoms with Gasteiger partial charge in [-0.05, 0) is 37.7 Å². The second-order valence-corrected chi connectivity index (χ2v) is 9.27. The molecule has 0 aliphatic carbocycles. The number of nitrogens with one attached hydrogen (secondary N) is 2. The van der Waals surface area contributed by atoms with E-state index in [4.69, 9.17) is 0 Å². The van der Waals surface area contributed by atoms with Gasteiger partial charge >= 0.3 is 6.18 Å². The highest BCUT2D eigenvalue weighted by molar-refractivity contribution is 5.98. The molecule has 3 amide bonds. The number of aryl methyl sites for hydroxylation is 2. The first-order valence-corrected chi connectivity index (χ1v) is 11.2. The molecule has 1 aromatic heterocycles. The Morgan fingerprint density at radius 2 is 1.65 bits per heavy atom. The molecule has 2 rings (SSSR count). The number of carbonyl (C=O) groups is 4. The first-order valence-electron chi connectivity index (χ1n) is 11.2. The van der Waals surface area contributed by atoms with E-state index in [-0.39, 0.29) is 24.6 Å². The van der Waals surface area contributed by atoms with Gasteiger partial charge in [0.2, 0.25) is 11.8 Å². The predicted molar refractivity (Wildman–Crippen MR) is 117 cm³/mol. The minimum atomic E-state index is -5.09. The van der Waals surface area contributed by atoms with Gasteiger partial charge < -0.3 is 15.5 Å². The standard InChI is InChI=1S/C22H32F3N5O4/c1-11(2)16(18(31)22(23,24)25)26-20(33)15-8-7-9-30(15)21(34)17(12(3)4)27-19(32)14-10-13(5)29(6)28-14/h10-12,15-17H,7-9H2,1-6H3,(H,26,33)(H,27,32)/t15-,16-,17-/m0/s1. The third kappa shape index (κ3) is 6.15. The van der Waals surface area contributed by atoms with Gasteiger partial charge in [-0.1, -0.05) is 27.7 Å². The number of alkyl halides is 3. The molecule has 0 unspecified atom stereocenters. The van der Waals surface area contributed by atoms with E-state index in [9.17, 15) is 32.3 Å². The molecular formula is C22H32F3N5O4. The zero-order chi connectivity index (χ0) is 26.0. The summed E-state index contributed by atoms with van der Waals surface area (Å²) in [7, 11) is 1.68. The van der Waals surface area contributed by atoms with Crippen molar-refractivity contribution >= 4 is 23.5 Å². The molecule has 3 atom stereocenters. The molecule has 12 heteroatoms. The molecule has 0 saturated carbocycles. The maximum Gasteiger partial charge on any atom is 0.452 e. The van der Waals surface area contributed by atoms with Crippen LogP contribution in [0.5, 0.6) is 0 Å². The Balaban J connectivity index is 2.18. The number of aromatic nitrogens is 2. The highest BCUT2D eigenvalue weighted by atomic mass is 19.4. The van der Waals surface area contributed by atoms with Crippen LogP contribution in [0.3, 0.4) is 0 Å². The van der Waals surface area contributed by atoms with Crippen molar-refractivity contribution in [3.05, 3.63) is 17.5 Å². The minimum absolute atomic E-state index is 0.139. The average molecular weight is 488 g/mol. The lowest BCUT2D eigenvalue weighted by Gasteiger charge is -2.31. The number of carbonyl (C=O) groups excluding carboxylic acids is 4. The predicted octanol–water partition coefficient (Wildman–Crippen LogP) is 1.75. The Bertz CT molecular complexity index is 922. The van der Waals surface area contributed by atoms with Gasteiger partial charge in [0.05, 0.1) is 6.04 Å². The Kier molecular flexibility index (Phi) is 8.49. The summed E-state index contributed by atoms with van der Waals surface area (Å²) in [6.45, 7) is 8.24. The van der Waals surface area contributed by atoms with E-state index in [0.717, 1.165) is 5.69 Å². The van der Waals surface area contributed by atoms with Crippen LogP contribution in [0.1, 0.15) is 56.7 Å². The summed E-state index contributed by atoms with van der Waals surface area (Å²) in [6.07, 6.45) is -4.40. The fourth-order valence-corrected chi connectivity index (χ4v) is 3.84. The Hall–Kier alpha value is -2.92. The monoisotopic (exact) mass is 487 g/mol. The van der Waals surface area contributed by atoms with Gasteiger partial charge in [-0.2, -0.15) is 18.3 Å². The first-order chi connectivity index (χ1) is 15.6. The van der Waals surface area contributed by atoms with Gasteiger partial charge in [0.25, 0.3) is 11.7 Å². The number of halogens is 3. The molecule has 1 aliphatic heterocycles. The van der Waals surface area contributed by atoms with Crippen LogP contribution in [0.2, 0.25) is 0 Å². The van der Waals surface area contributed by atoms with Crippen molar-refractivity contribution in [3.8, 4) is 0 Å². The lowest BCUT2D eigenvalue weighted by atomic mass is 9.98. The van der Waals surface area contributed by atoms with Crippen molar-refractivity contribution in [2.45, 2.75) is 71.8 Å². The molecule has 2 N–H and O–H groups in total. The second kappa shape index (κ2) is 10.6. The Morgan fingerprint density at radius 1 is 1.06 bits per heavy atom. The maximum absolute atomic E-state index is 13.3. The maximum atomic E-state index is 13.3. The summed E-state index contributed by atoms with van der Waals surface area (Å²) in [5.41, 5.74) is 0.890. The highest BCUT2D eigenvalue weighted by Gasteiger charge is 2.46. The normalized spacial score (nSPS) is 18.2. The van der Waals surface area contributed by atoms with Crippen LogP contribution in [-0.4, -0.2) is 69.0 Å². The molecule has 0 spiro atoms. The zero-order valence-electron chi connectivity index (χ0n) is 20.2. The molecule has 1 saturated heterocycles. The van der Waals surface area contributed by atoms with Crippen LogP contribution in [0.25, 0.3) is 0 Å². The molecule has 1 aromatic rings. The number of nitrogens with zero attached hydrogens (tertiary/aromatic N) is 3. The third-order valence-electron chi connectivity index (χ3n) is 5.93. The van der Waals surface area contributed by atoms with Crippen molar-refractivity contribution < 1.29 is 32.3 Å². The van der Waals surface area contributed by atoms with E-state index < -0.39 is 53.7 Å². The van der Waals surface area contributed by atoms with Gasteiger partial charge in [0.15, 0.2) is 0 Å². The van der Waals surface area contributed by atoms with Gasteiger partial charge in [0, 0.05) is 19.3 Å². The molecule has 1 aliphatic rings. The largest absolute Gasteiger partial charge is 0.452 e. The Labute approximate surface area is 196 Å². The van der Waals surface area contributed by atoms with E-state index in [1.54, 1.807) is 33.9 Å². The number of hydrogen-bond donors (Lipinski definition) is 2. The summed E-state index contributed by atoms with van der Waals surface area (Å²) < 4.78 is 40.4.